The minimum atomic E-state index is -0.242. The van der Waals surface area contributed by atoms with Crippen LogP contribution in [0.25, 0.3) is 11.0 Å². The van der Waals surface area contributed by atoms with Gasteiger partial charge in [0.1, 0.15) is 11.6 Å². The van der Waals surface area contributed by atoms with Gasteiger partial charge in [0.05, 0.1) is 11.0 Å². The Hall–Kier alpha value is -1.09. The maximum Gasteiger partial charge on any atom is 0.125 e. The van der Waals surface area contributed by atoms with Gasteiger partial charge in [-0.25, -0.2) is 9.37 Å². The summed E-state index contributed by atoms with van der Waals surface area (Å²) in [6.07, 6.45) is 0.709. The summed E-state index contributed by atoms with van der Waals surface area (Å²) >= 11 is 5.91. The van der Waals surface area contributed by atoms with Crippen molar-refractivity contribution < 1.29 is 4.39 Å². The van der Waals surface area contributed by atoms with Crippen LogP contribution in [0.15, 0.2) is 18.2 Å². The van der Waals surface area contributed by atoms with Crippen molar-refractivity contribution in [2.45, 2.75) is 40.2 Å². The SMILES string of the molecule is CC1(C)C(n2c(CCCl)nc3cc(F)ccc32)C1(C)C. The third-order valence-corrected chi connectivity index (χ3v) is 5.43. The van der Waals surface area contributed by atoms with Crippen LogP contribution in [0.2, 0.25) is 0 Å². The fourth-order valence-corrected chi connectivity index (χ4v) is 3.65. The van der Waals surface area contributed by atoms with Gasteiger partial charge in [-0.3, -0.25) is 0 Å². The first-order valence-electron chi connectivity index (χ1n) is 7.03. The quantitative estimate of drug-likeness (QED) is 0.759. The molecule has 1 aromatic heterocycles. The first kappa shape index (κ1) is 13.9. The van der Waals surface area contributed by atoms with Crippen LogP contribution in [0.1, 0.15) is 39.6 Å². The van der Waals surface area contributed by atoms with E-state index in [2.05, 4.69) is 37.2 Å². The van der Waals surface area contributed by atoms with Crippen LogP contribution >= 0.6 is 11.6 Å². The van der Waals surface area contributed by atoms with E-state index in [1.54, 1.807) is 0 Å². The highest BCUT2D eigenvalue weighted by Gasteiger charge is 2.66. The second-order valence-electron chi connectivity index (χ2n) is 6.82. The summed E-state index contributed by atoms with van der Waals surface area (Å²) in [7, 11) is 0. The van der Waals surface area contributed by atoms with Crippen molar-refractivity contribution in [1.29, 1.82) is 0 Å². The highest BCUT2D eigenvalue weighted by Crippen LogP contribution is 2.72. The van der Waals surface area contributed by atoms with Crippen LogP contribution in [-0.4, -0.2) is 15.4 Å². The molecule has 1 aliphatic carbocycles. The summed E-state index contributed by atoms with van der Waals surface area (Å²) in [5.74, 6) is 1.25. The molecule has 0 spiro atoms. The van der Waals surface area contributed by atoms with E-state index >= 15 is 0 Å². The molecule has 1 aromatic carbocycles. The molecule has 0 aliphatic heterocycles. The largest absolute Gasteiger partial charge is 0.324 e. The lowest BCUT2D eigenvalue weighted by molar-refractivity contribution is 0.457. The summed E-state index contributed by atoms with van der Waals surface area (Å²) in [6, 6.07) is 5.22. The summed E-state index contributed by atoms with van der Waals surface area (Å²) in [5, 5.41) is 0. The molecule has 1 saturated carbocycles. The van der Waals surface area contributed by atoms with Crippen molar-refractivity contribution in [3.63, 3.8) is 0 Å². The third kappa shape index (κ3) is 1.72. The molecule has 3 rings (SSSR count). The number of alkyl halides is 1. The number of benzene rings is 1. The minimum absolute atomic E-state index is 0.204. The van der Waals surface area contributed by atoms with E-state index in [1.807, 2.05) is 6.07 Å². The molecule has 0 N–H and O–H groups in total. The predicted molar refractivity (Wildman–Crippen MR) is 80.7 cm³/mol. The van der Waals surface area contributed by atoms with Crippen molar-refractivity contribution in [2.75, 3.05) is 5.88 Å². The third-order valence-electron chi connectivity index (χ3n) is 5.25. The Bertz CT molecular complexity index is 658. The van der Waals surface area contributed by atoms with Gasteiger partial charge >= 0.3 is 0 Å². The molecule has 0 bridgehead atoms. The van der Waals surface area contributed by atoms with Crippen LogP contribution in [0.4, 0.5) is 4.39 Å². The molecule has 1 fully saturated rings. The summed E-state index contributed by atoms with van der Waals surface area (Å²) < 4.78 is 15.7. The van der Waals surface area contributed by atoms with E-state index in [0.717, 1.165) is 16.9 Å². The van der Waals surface area contributed by atoms with E-state index in [-0.39, 0.29) is 16.6 Å². The zero-order chi connectivity index (χ0) is 14.7. The molecular weight excluding hydrogens is 275 g/mol. The molecule has 0 unspecified atom stereocenters. The number of imidazole rings is 1. The van der Waals surface area contributed by atoms with E-state index in [9.17, 15) is 4.39 Å². The Labute approximate surface area is 123 Å². The Morgan fingerprint density at radius 1 is 1.25 bits per heavy atom. The van der Waals surface area contributed by atoms with Crippen molar-refractivity contribution in [1.82, 2.24) is 9.55 Å². The zero-order valence-corrected chi connectivity index (χ0v) is 13.1. The number of rotatable bonds is 3. The fraction of sp³-hybridized carbons (Fsp3) is 0.562. The minimum Gasteiger partial charge on any atom is -0.324 e. The number of halogens is 2. The molecule has 4 heteroatoms. The first-order valence-corrected chi connectivity index (χ1v) is 7.56. The molecule has 0 amide bonds. The monoisotopic (exact) mass is 294 g/mol. The number of aromatic nitrogens is 2. The van der Waals surface area contributed by atoms with Crippen molar-refractivity contribution >= 4 is 22.6 Å². The average Bonchev–Trinajstić information content (AvgIpc) is 2.64. The number of aryl methyl sites for hydroxylation is 1. The fourth-order valence-electron chi connectivity index (χ4n) is 3.48. The molecule has 2 nitrogen and oxygen atoms in total. The molecule has 1 aliphatic rings. The first-order chi connectivity index (χ1) is 9.30. The second kappa shape index (κ2) is 4.20. The van der Waals surface area contributed by atoms with Gasteiger partial charge < -0.3 is 4.57 Å². The van der Waals surface area contributed by atoms with Gasteiger partial charge in [0.2, 0.25) is 0 Å². The summed E-state index contributed by atoms with van der Waals surface area (Å²) in [6.45, 7) is 9.10. The standard InChI is InChI=1S/C16H20ClFN2/c1-15(2)14(16(15,3)4)20-12-6-5-10(18)9-11(12)19-13(20)7-8-17/h5-6,9,14H,7-8H2,1-4H3. The maximum atomic E-state index is 13.4. The zero-order valence-electron chi connectivity index (χ0n) is 12.4. The van der Waals surface area contributed by atoms with Crippen molar-refractivity contribution in [3.8, 4) is 0 Å². The highest BCUT2D eigenvalue weighted by atomic mass is 35.5. The topological polar surface area (TPSA) is 17.8 Å². The lowest BCUT2D eigenvalue weighted by Crippen LogP contribution is -2.07. The number of hydrogen-bond acceptors (Lipinski definition) is 1. The Morgan fingerprint density at radius 2 is 1.90 bits per heavy atom. The number of nitrogens with zero attached hydrogens (tertiary/aromatic N) is 2. The van der Waals surface area contributed by atoms with Gasteiger partial charge in [0.25, 0.3) is 0 Å². The molecule has 20 heavy (non-hydrogen) atoms. The van der Waals surface area contributed by atoms with Gasteiger partial charge in [-0.05, 0) is 23.0 Å². The Kier molecular flexibility index (Phi) is 2.91. The predicted octanol–water partition coefficient (Wildman–Crippen LogP) is 4.56. The van der Waals surface area contributed by atoms with Gasteiger partial charge in [-0.15, -0.1) is 11.6 Å². The molecule has 0 saturated heterocycles. The van der Waals surface area contributed by atoms with Gasteiger partial charge in [0, 0.05) is 24.4 Å². The molecule has 1 heterocycles. The lowest BCUT2D eigenvalue weighted by atomic mass is 10.0. The van der Waals surface area contributed by atoms with Crippen LogP contribution in [-0.2, 0) is 6.42 Å². The number of fused-ring (bicyclic) bond motifs is 1. The number of hydrogen-bond donors (Lipinski definition) is 0. The second-order valence-corrected chi connectivity index (χ2v) is 7.19. The summed E-state index contributed by atoms with van der Waals surface area (Å²) in [4.78, 5) is 4.59. The van der Waals surface area contributed by atoms with Gasteiger partial charge in [-0.2, -0.15) is 0 Å². The van der Waals surface area contributed by atoms with Crippen LogP contribution < -0.4 is 0 Å². The van der Waals surface area contributed by atoms with E-state index in [4.69, 9.17) is 11.6 Å². The normalized spacial score (nSPS) is 20.5. The Balaban J connectivity index is 2.21. The molecule has 0 atom stereocenters. The molecule has 0 radical (unpaired) electrons. The van der Waals surface area contributed by atoms with E-state index in [0.29, 0.717) is 18.3 Å². The van der Waals surface area contributed by atoms with Gasteiger partial charge in [-0.1, -0.05) is 27.7 Å². The summed E-state index contributed by atoms with van der Waals surface area (Å²) in [5.41, 5.74) is 2.14. The highest BCUT2D eigenvalue weighted by molar-refractivity contribution is 6.17. The lowest BCUT2D eigenvalue weighted by Gasteiger charge is -2.11. The smallest absolute Gasteiger partial charge is 0.125 e. The molecule has 2 aromatic rings. The van der Waals surface area contributed by atoms with Crippen molar-refractivity contribution in [2.24, 2.45) is 10.8 Å². The average molecular weight is 295 g/mol. The van der Waals surface area contributed by atoms with E-state index < -0.39 is 0 Å². The molecular formula is C16H20ClFN2. The maximum absolute atomic E-state index is 13.4. The van der Waals surface area contributed by atoms with E-state index in [1.165, 1.54) is 12.1 Å². The van der Waals surface area contributed by atoms with Crippen LogP contribution in [0.3, 0.4) is 0 Å². The van der Waals surface area contributed by atoms with Gasteiger partial charge in [0.15, 0.2) is 0 Å². The van der Waals surface area contributed by atoms with Crippen LogP contribution in [0, 0.1) is 16.6 Å². The Morgan fingerprint density at radius 3 is 2.45 bits per heavy atom. The van der Waals surface area contributed by atoms with Crippen molar-refractivity contribution in [3.05, 3.63) is 29.8 Å². The van der Waals surface area contributed by atoms with Crippen LogP contribution in [0.5, 0.6) is 0 Å². The molecule has 108 valence electrons.